The second kappa shape index (κ2) is 6.47. The van der Waals surface area contributed by atoms with Gasteiger partial charge in [-0.2, -0.15) is 0 Å². The van der Waals surface area contributed by atoms with E-state index in [1.807, 2.05) is 0 Å². The summed E-state index contributed by atoms with van der Waals surface area (Å²) in [5.74, 6) is 0.120. The molecule has 0 spiro atoms. The summed E-state index contributed by atoms with van der Waals surface area (Å²) in [5.41, 5.74) is 5.74. The number of rotatable bonds is 4. The molecule has 19 heavy (non-hydrogen) atoms. The molecule has 6 heteroatoms. The number of nitrogens with zero attached hydrogens (tertiary/aromatic N) is 3. The van der Waals surface area contributed by atoms with Crippen LogP contribution in [-0.2, 0) is 0 Å². The highest BCUT2D eigenvalue weighted by Crippen LogP contribution is 2.11. The quantitative estimate of drug-likeness (QED) is 0.834. The van der Waals surface area contributed by atoms with Gasteiger partial charge < -0.3 is 11.1 Å². The number of hydrogen-bond acceptors (Lipinski definition) is 5. The zero-order valence-electron chi connectivity index (χ0n) is 11.3. The van der Waals surface area contributed by atoms with Crippen molar-refractivity contribution in [2.45, 2.75) is 32.2 Å². The van der Waals surface area contributed by atoms with Crippen LogP contribution in [0.25, 0.3) is 0 Å². The van der Waals surface area contributed by atoms with Gasteiger partial charge in [-0.25, -0.2) is 0 Å². The molecule has 0 aliphatic carbocycles. The van der Waals surface area contributed by atoms with Crippen LogP contribution in [0.1, 0.15) is 36.7 Å². The molecule has 1 aliphatic heterocycles. The molecule has 1 aromatic heterocycles. The molecule has 1 fully saturated rings. The number of hydrogen-bond donors (Lipinski definition) is 2. The Balaban J connectivity index is 1.81. The molecule has 0 bridgehead atoms. The van der Waals surface area contributed by atoms with E-state index in [0.717, 1.165) is 13.1 Å². The minimum atomic E-state index is -0.198. The van der Waals surface area contributed by atoms with Crippen LogP contribution in [0.15, 0.2) is 12.1 Å². The number of anilines is 1. The molecule has 1 aliphatic rings. The monoisotopic (exact) mass is 263 g/mol. The Morgan fingerprint density at radius 3 is 2.74 bits per heavy atom. The number of nitrogen functional groups attached to an aromatic ring is 1. The first-order chi connectivity index (χ1) is 9.16. The number of nitrogens with two attached hydrogens (primary N) is 1. The van der Waals surface area contributed by atoms with Gasteiger partial charge in [0.05, 0.1) is 0 Å². The summed E-state index contributed by atoms with van der Waals surface area (Å²) in [6.45, 7) is 5.02. The van der Waals surface area contributed by atoms with Crippen molar-refractivity contribution in [3.63, 3.8) is 0 Å². The Morgan fingerprint density at radius 2 is 2.11 bits per heavy atom. The molecule has 0 aromatic carbocycles. The van der Waals surface area contributed by atoms with Crippen LogP contribution in [0.3, 0.4) is 0 Å². The lowest BCUT2D eigenvalue weighted by Gasteiger charge is -2.32. The molecular weight excluding hydrogens is 242 g/mol. The van der Waals surface area contributed by atoms with Gasteiger partial charge in [-0.3, -0.25) is 9.69 Å². The fourth-order valence-electron chi connectivity index (χ4n) is 2.28. The average Bonchev–Trinajstić information content (AvgIpc) is 2.46. The van der Waals surface area contributed by atoms with Crippen molar-refractivity contribution in [2.24, 2.45) is 0 Å². The first-order valence-electron chi connectivity index (χ1n) is 6.78. The Labute approximate surface area is 113 Å². The van der Waals surface area contributed by atoms with Crippen molar-refractivity contribution in [1.82, 2.24) is 20.4 Å². The highest BCUT2D eigenvalue weighted by molar-refractivity contribution is 5.92. The van der Waals surface area contributed by atoms with Crippen LogP contribution in [0.2, 0.25) is 0 Å². The fraction of sp³-hybridized carbons (Fsp3) is 0.615. The third-order valence-corrected chi connectivity index (χ3v) is 3.49. The maximum absolute atomic E-state index is 11.9. The topological polar surface area (TPSA) is 84.1 Å². The Kier molecular flexibility index (Phi) is 4.68. The van der Waals surface area contributed by atoms with E-state index >= 15 is 0 Å². The normalized spacial score (nSPS) is 17.9. The summed E-state index contributed by atoms with van der Waals surface area (Å²) < 4.78 is 0. The maximum atomic E-state index is 11.9. The minimum Gasteiger partial charge on any atom is -0.382 e. The van der Waals surface area contributed by atoms with Crippen LogP contribution in [0.5, 0.6) is 0 Å². The van der Waals surface area contributed by atoms with Gasteiger partial charge in [0.15, 0.2) is 5.69 Å². The molecule has 104 valence electrons. The zero-order chi connectivity index (χ0) is 13.7. The van der Waals surface area contributed by atoms with E-state index in [1.54, 1.807) is 12.1 Å². The second-order valence-corrected chi connectivity index (χ2v) is 5.00. The molecule has 0 radical (unpaired) electrons. The van der Waals surface area contributed by atoms with Crippen LogP contribution in [0, 0.1) is 0 Å². The summed E-state index contributed by atoms with van der Waals surface area (Å²) >= 11 is 0. The lowest BCUT2D eigenvalue weighted by atomic mass is 10.1. The lowest BCUT2D eigenvalue weighted by Crippen LogP contribution is -2.44. The Morgan fingerprint density at radius 1 is 1.37 bits per heavy atom. The minimum absolute atomic E-state index is 0.198. The SMILES string of the molecule is CC(CNC(=O)c1ccc(N)nn1)N1CCCCC1. The van der Waals surface area contributed by atoms with Crippen molar-refractivity contribution >= 4 is 11.7 Å². The van der Waals surface area contributed by atoms with E-state index in [-0.39, 0.29) is 5.91 Å². The third-order valence-electron chi connectivity index (χ3n) is 3.49. The predicted molar refractivity (Wildman–Crippen MR) is 73.7 cm³/mol. The van der Waals surface area contributed by atoms with Crippen LogP contribution in [-0.4, -0.2) is 46.7 Å². The molecule has 1 aromatic rings. The molecule has 2 rings (SSSR count). The molecule has 6 nitrogen and oxygen atoms in total. The summed E-state index contributed by atoms with van der Waals surface area (Å²) in [4.78, 5) is 14.3. The zero-order valence-corrected chi connectivity index (χ0v) is 11.3. The Hall–Kier alpha value is -1.69. The Bertz CT molecular complexity index is 414. The first kappa shape index (κ1) is 13.7. The van der Waals surface area contributed by atoms with Gasteiger partial charge in [-0.05, 0) is 45.0 Å². The summed E-state index contributed by atoms with van der Waals surface area (Å²) in [7, 11) is 0. The van der Waals surface area contributed by atoms with Gasteiger partial charge in [0, 0.05) is 12.6 Å². The molecule has 3 N–H and O–H groups in total. The third kappa shape index (κ3) is 3.89. The van der Waals surface area contributed by atoms with E-state index in [4.69, 9.17) is 5.73 Å². The molecule has 1 saturated heterocycles. The van der Waals surface area contributed by atoms with Crippen molar-refractivity contribution in [1.29, 1.82) is 0 Å². The number of likely N-dealkylation sites (tertiary alicyclic amines) is 1. The van der Waals surface area contributed by atoms with Gasteiger partial charge in [0.25, 0.3) is 5.91 Å². The van der Waals surface area contributed by atoms with Crippen LogP contribution >= 0.6 is 0 Å². The van der Waals surface area contributed by atoms with Crippen LogP contribution < -0.4 is 11.1 Å². The van der Waals surface area contributed by atoms with E-state index < -0.39 is 0 Å². The van der Waals surface area contributed by atoms with Gasteiger partial charge in [0.1, 0.15) is 5.82 Å². The van der Waals surface area contributed by atoms with Crippen LogP contribution in [0.4, 0.5) is 5.82 Å². The number of carbonyl (C=O) groups excluding carboxylic acids is 1. The number of amides is 1. The lowest BCUT2D eigenvalue weighted by molar-refractivity contribution is 0.0924. The fourth-order valence-corrected chi connectivity index (χ4v) is 2.28. The van der Waals surface area contributed by atoms with Gasteiger partial charge in [-0.15, -0.1) is 10.2 Å². The number of nitrogens with one attached hydrogen (secondary N) is 1. The summed E-state index contributed by atoms with van der Waals surface area (Å²) in [5, 5.41) is 10.3. The largest absolute Gasteiger partial charge is 0.382 e. The summed E-state index contributed by atoms with van der Waals surface area (Å²) in [6, 6.07) is 3.52. The van der Waals surface area contributed by atoms with Gasteiger partial charge in [0.2, 0.25) is 0 Å². The molecule has 1 atom stereocenters. The molecule has 2 heterocycles. The van der Waals surface area contributed by atoms with E-state index in [2.05, 4.69) is 27.3 Å². The maximum Gasteiger partial charge on any atom is 0.271 e. The smallest absolute Gasteiger partial charge is 0.271 e. The van der Waals surface area contributed by atoms with E-state index in [9.17, 15) is 4.79 Å². The second-order valence-electron chi connectivity index (χ2n) is 5.00. The van der Waals surface area contributed by atoms with Crippen molar-refractivity contribution < 1.29 is 4.79 Å². The molecule has 0 saturated carbocycles. The number of piperidine rings is 1. The molecular formula is C13H21N5O. The van der Waals surface area contributed by atoms with Crippen molar-refractivity contribution in [3.8, 4) is 0 Å². The van der Waals surface area contributed by atoms with E-state index in [1.165, 1.54) is 19.3 Å². The molecule has 1 unspecified atom stereocenters. The van der Waals surface area contributed by atoms with E-state index in [0.29, 0.717) is 24.1 Å². The standard InChI is InChI=1S/C13H21N5O/c1-10(18-7-3-2-4-8-18)9-15-13(19)11-5-6-12(14)17-16-11/h5-6,10H,2-4,7-9H2,1H3,(H2,14,17)(H,15,19). The summed E-state index contributed by atoms with van der Waals surface area (Å²) in [6.07, 6.45) is 3.82. The number of carbonyl (C=O) groups is 1. The average molecular weight is 263 g/mol. The van der Waals surface area contributed by atoms with Gasteiger partial charge >= 0.3 is 0 Å². The number of aromatic nitrogens is 2. The predicted octanol–water partition coefficient (Wildman–Crippen LogP) is 0.663. The van der Waals surface area contributed by atoms with Gasteiger partial charge in [-0.1, -0.05) is 6.42 Å². The first-order valence-corrected chi connectivity index (χ1v) is 6.78. The van der Waals surface area contributed by atoms with Crippen molar-refractivity contribution in [3.05, 3.63) is 17.8 Å². The highest BCUT2D eigenvalue weighted by atomic mass is 16.1. The molecule has 1 amide bonds. The highest BCUT2D eigenvalue weighted by Gasteiger charge is 2.17. The van der Waals surface area contributed by atoms with Crippen molar-refractivity contribution in [2.75, 3.05) is 25.4 Å².